The average Bonchev–Trinajstić information content (AvgIpc) is 2.61. The second-order valence-corrected chi connectivity index (χ2v) is 5.48. The number of amides is 1. The van der Waals surface area contributed by atoms with Gasteiger partial charge in [0.25, 0.3) is 0 Å². The number of carbonyl (C=O) groups excluding carboxylic acids is 3. The molecule has 1 saturated heterocycles. The van der Waals surface area contributed by atoms with Crippen molar-refractivity contribution < 1.29 is 23.9 Å². The molecular formula is C17H20N2O5. The fraction of sp³-hybridized carbons (Fsp3) is 0.471. The topological polar surface area (TPSA) is 85.3 Å². The first kappa shape index (κ1) is 17.7. The van der Waals surface area contributed by atoms with Gasteiger partial charge in [-0.25, -0.2) is 14.4 Å². The Morgan fingerprint density at radius 1 is 1.21 bits per heavy atom. The van der Waals surface area contributed by atoms with Gasteiger partial charge in [-0.1, -0.05) is 30.3 Å². The maximum atomic E-state index is 12.1. The Morgan fingerprint density at radius 2 is 1.88 bits per heavy atom. The normalized spacial score (nSPS) is 16.0. The lowest BCUT2D eigenvalue weighted by molar-refractivity contribution is -0.151. The summed E-state index contributed by atoms with van der Waals surface area (Å²) in [6.07, 6.45) is 1.42. The Morgan fingerprint density at radius 3 is 2.46 bits per heavy atom. The largest absolute Gasteiger partial charge is 0.464 e. The Kier molecular flexibility index (Phi) is 6.09. The number of benzene rings is 1. The number of rotatable bonds is 5. The summed E-state index contributed by atoms with van der Waals surface area (Å²) in [5.74, 6) is -0.550. The number of hydrogen-bond acceptors (Lipinski definition) is 6. The predicted molar refractivity (Wildman–Crippen MR) is 84.9 cm³/mol. The van der Waals surface area contributed by atoms with Crippen molar-refractivity contribution >= 4 is 18.1 Å². The van der Waals surface area contributed by atoms with Crippen molar-refractivity contribution in [2.75, 3.05) is 19.7 Å². The molecule has 128 valence electrons. The standard InChI is InChI=1S/C17H20N2O5/c1-2-23-15(21)17(18-13-20)8-10-19(11-9-17)16(22)24-12-14-6-4-3-5-7-14/h3-7H,2,8-12H2,1H3. The summed E-state index contributed by atoms with van der Waals surface area (Å²) in [5, 5.41) is 0. The van der Waals surface area contributed by atoms with Crippen molar-refractivity contribution in [3.8, 4) is 0 Å². The number of ether oxygens (including phenoxy) is 2. The van der Waals surface area contributed by atoms with E-state index in [9.17, 15) is 14.4 Å². The minimum absolute atomic E-state index is 0.186. The molecule has 1 heterocycles. The van der Waals surface area contributed by atoms with Crippen molar-refractivity contribution in [2.24, 2.45) is 4.99 Å². The molecule has 0 bridgehead atoms. The molecule has 1 aromatic rings. The number of aliphatic imine (C=N–C) groups is 1. The highest BCUT2D eigenvalue weighted by Gasteiger charge is 2.44. The molecule has 1 aliphatic heterocycles. The molecule has 0 atom stereocenters. The summed E-state index contributed by atoms with van der Waals surface area (Å²) in [5.41, 5.74) is -0.345. The smallest absolute Gasteiger partial charge is 0.410 e. The van der Waals surface area contributed by atoms with Crippen molar-refractivity contribution in [3.63, 3.8) is 0 Å². The Labute approximate surface area is 140 Å². The highest BCUT2D eigenvalue weighted by atomic mass is 16.6. The van der Waals surface area contributed by atoms with Crippen LogP contribution in [0.25, 0.3) is 0 Å². The summed E-state index contributed by atoms with van der Waals surface area (Å²) in [4.78, 5) is 40.0. The Balaban J connectivity index is 1.91. The maximum Gasteiger partial charge on any atom is 0.410 e. The molecule has 0 N–H and O–H groups in total. The zero-order valence-corrected chi connectivity index (χ0v) is 13.6. The number of nitrogens with zero attached hydrogens (tertiary/aromatic N) is 2. The van der Waals surface area contributed by atoms with E-state index in [4.69, 9.17) is 9.47 Å². The third-order valence-electron chi connectivity index (χ3n) is 3.97. The fourth-order valence-electron chi connectivity index (χ4n) is 2.58. The lowest BCUT2D eigenvalue weighted by Crippen LogP contribution is -2.50. The summed E-state index contributed by atoms with van der Waals surface area (Å²) < 4.78 is 10.3. The summed E-state index contributed by atoms with van der Waals surface area (Å²) in [7, 11) is 0. The van der Waals surface area contributed by atoms with Crippen LogP contribution < -0.4 is 0 Å². The Hall–Kier alpha value is -2.66. The zero-order valence-electron chi connectivity index (χ0n) is 13.6. The van der Waals surface area contributed by atoms with E-state index < -0.39 is 17.6 Å². The van der Waals surface area contributed by atoms with Crippen LogP contribution in [0.1, 0.15) is 25.3 Å². The van der Waals surface area contributed by atoms with Gasteiger partial charge < -0.3 is 14.4 Å². The molecule has 7 heteroatoms. The highest BCUT2D eigenvalue weighted by Crippen LogP contribution is 2.28. The van der Waals surface area contributed by atoms with Crippen LogP contribution in [0.2, 0.25) is 0 Å². The number of hydrogen-bond donors (Lipinski definition) is 0. The molecule has 0 unspecified atom stereocenters. The van der Waals surface area contributed by atoms with Crippen LogP contribution in [0.15, 0.2) is 35.3 Å². The van der Waals surface area contributed by atoms with E-state index >= 15 is 0 Å². The van der Waals surface area contributed by atoms with E-state index in [1.54, 1.807) is 6.92 Å². The predicted octanol–water partition coefficient (Wildman–Crippen LogP) is 2.06. The van der Waals surface area contributed by atoms with E-state index in [0.29, 0.717) is 0 Å². The lowest BCUT2D eigenvalue weighted by Gasteiger charge is -2.35. The molecule has 1 fully saturated rings. The first-order chi connectivity index (χ1) is 11.6. The molecule has 0 spiro atoms. The lowest BCUT2D eigenvalue weighted by atomic mass is 9.88. The number of esters is 1. The van der Waals surface area contributed by atoms with Crippen LogP contribution in [-0.4, -0.2) is 48.3 Å². The van der Waals surface area contributed by atoms with Gasteiger partial charge in [0.2, 0.25) is 6.08 Å². The van der Waals surface area contributed by atoms with Crippen LogP contribution in [0.3, 0.4) is 0 Å². The molecule has 1 aromatic carbocycles. The second-order valence-electron chi connectivity index (χ2n) is 5.48. The van der Waals surface area contributed by atoms with Crippen LogP contribution >= 0.6 is 0 Å². The van der Waals surface area contributed by atoms with E-state index in [1.165, 1.54) is 11.0 Å². The van der Waals surface area contributed by atoms with Crippen molar-refractivity contribution in [1.29, 1.82) is 0 Å². The molecule has 7 nitrogen and oxygen atoms in total. The molecule has 0 radical (unpaired) electrons. The van der Waals surface area contributed by atoms with Crippen molar-refractivity contribution in [1.82, 2.24) is 4.90 Å². The maximum absolute atomic E-state index is 12.1. The van der Waals surface area contributed by atoms with Gasteiger partial charge in [-0.2, -0.15) is 4.99 Å². The summed E-state index contributed by atoms with van der Waals surface area (Å²) in [6.45, 7) is 2.60. The molecule has 24 heavy (non-hydrogen) atoms. The molecule has 2 rings (SSSR count). The van der Waals surface area contributed by atoms with Gasteiger partial charge in [0, 0.05) is 25.9 Å². The minimum Gasteiger partial charge on any atom is -0.464 e. The third kappa shape index (κ3) is 4.20. The molecular weight excluding hydrogens is 312 g/mol. The van der Waals surface area contributed by atoms with Gasteiger partial charge in [0.05, 0.1) is 6.61 Å². The van der Waals surface area contributed by atoms with Crippen molar-refractivity contribution in [2.45, 2.75) is 31.9 Å². The molecule has 1 amide bonds. The highest BCUT2D eigenvalue weighted by molar-refractivity contribution is 5.82. The monoisotopic (exact) mass is 332 g/mol. The summed E-state index contributed by atoms with van der Waals surface area (Å²) in [6, 6.07) is 9.37. The van der Waals surface area contributed by atoms with Gasteiger partial charge in [0.1, 0.15) is 6.61 Å². The van der Waals surface area contributed by atoms with Crippen molar-refractivity contribution in [3.05, 3.63) is 35.9 Å². The van der Waals surface area contributed by atoms with Gasteiger partial charge in [-0.05, 0) is 12.5 Å². The average molecular weight is 332 g/mol. The van der Waals surface area contributed by atoms with Crippen LogP contribution in [0.5, 0.6) is 0 Å². The molecule has 0 aromatic heterocycles. The van der Waals surface area contributed by atoms with Crippen LogP contribution in [0, 0.1) is 0 Å². The van der Waals surface area contributed by atoms with E-state index in [0.717, 1.165) is 5.56 Å². The van der Waals surface area contributed by atoms with Gasteiger partial charge in [0.15, 0.2) is 5.54 Å². The van der Waals surface area contributed by atoms with E-state index in [2.05, 4.69) is 4.99 Å². The first-order valence-electron chi connectivity index (χ1n) is 7.83. The second kappa shape index (κ2) is 8.26. The Bertz CT molecular complexity index is 617. The minimum atomic E-state index is -1.24. The summed E-state index contributed by atoms with van der Waals surface area (Å²) >= 11 is 0. The SMILES string of the molecule is CCOC(=O)C1(N=C=O)CCN(C(=O)OCc2ccccc2)CC1. The van der Waals surface area contributed by atoms with E-state index in [1.807, 2.05) is 30.3 Å². The van der Waals surface area contributed by atoms with E-state index in [-0.39, 0.29) is 39.1 Å². The van der Waals surface area contributed by atoms with Gasteiger partial charge in [-0.3, -0.25) is 0 Å². The quantitative estimate of drug-likeness (QED) is 0.468. The fourth-order valence-corrected chi connectivity index (χ4v) is 2.58. The first-order valence-corrected chi connectivity index (χ1v) is 7.83. The zero-order chi connectivity index (χ0) is 17.4. The molecule has 0 saturated carbocycles. The number of likely N-dealkylation sites (tertiary alicyclic amines) is 1. The van der Waals surface area contributed by atoms with Crippen LogP contribution in [0.4, 0.5) is 4.79 Å². The third-order valence-corrected chi connectivity index (χ3v) is 3.97. The number of piperidine rings is 1. The number of isocyanates is 1. The molecule has 1 aliphatic rings. The van der Waals surface area contributed by atoms with Gasteiger partial charge >= 0.3 is 12.1 Å². The molecule has 0 aliphatic carbocycles. The van der Waals surface area contributed by atoms with Gasteiger partial charge in [-0.15, -0.1) is 0 Å². The number of carbonyl (C=O) groups is 2. The van der Waals surface area contributed by atoms with Crippen LogP contribution in [-0.2, 0) is 25.7 Å².